The van der Waals surface area contributed by atoms with Gasteiger partial charge in [-0.1, -0.05) is 30.4 Å². The quantitative estimate of drug-likeness (QED) is 0.791. The molecule has 1 aromatic carbocycles. The van der Waals surface area contributed by atoms with Gasteiger partial charge in [0.25, 0.3) is 0 Å². The van der Waals surface area contributed by atoms with Gasteiger partial charge < -0.3 is 10.1 Å². The van der Waals surface area contributed by atoms with E-state index in [4.69, 9.17) is 4.74 Å². The highest BCUT2D eigenvalue weighted by atomic mass is 16.5. The van der Waals surface area contributed by atoms with Crippen LogP contribution in [0.5, 0.6) is 5.75 Å². The molecule has 0 amide bonds. The van der Waals surface area contributed by atoms with Crippen molar-refractivity contribution < 1.29 is 4.74 Å². The minimum atomic E-state index is 0.713. The van der Waals surface area contributed by atoms with Gasteiger partial charge in [-0.2, -0.15) is 0 Å². The summed E-state index contributed by atoms with van der Waals surface area (Å²) in [7, 11) is 0. The zero-order chi connectivity index (χ0) is 11.2. The maximum absolute atomic E-state index is 5.56. The first-order valence-electron chi connectivity index (χ1n) is 6.02. The summed E-state index contributed by atoms with van der Waals surface area (Å²) in [6.45, 7) is 3.67. The Balaban J connectivity index is 1.90. The lowest BCUT2D eigenvalue weighted by Gasteiger charge is -2.06. The number of nitrogens with one attached hydrogen (secondary N) is 1. The molecule has 2 rings (SSSR count). The van der Waals surface area contributed by atoms with Crippen LogP contribution in [0.25, 0.3) is 6.08 Å². The molecule has 1 saturated carbocycles. The van der Waals surface area contributed by atoms with Crippen LogP contribution in [0.3, 0.4) is 0 Å². The fourth-order valence-electron chi connectivity index (χ4n) is 1.61. The van der Waals surface area contributed by atoms with Gasteiger partial charge in [-0.3, -0.25) is 0 Å². The molecular weight excluding hydrogens is 198 g/mol. The van der Waals surface area contributed by atoms with Crippen LogP contribution in [0.4, 0.5) is 0 Å². The smallest absolute Gasteiger partial charge is 0.126 e. The van der Waals surface area contributed by atoms with E-state index >= 15 is 0 Å². The number of hydrogen-bond donors (Lipinski definition) is 1. The monoisotopic (exact) mass is 217 g/mol. The Hall–Kier alpha value is -1.28. The van der Waals surface area contributed by atoms with Crippen LogP contribution in [0.1, 0.15) is 25.3 Å². The number of para-hydroxylation sites is 1. The van der Waals surface area contributed by atoms with Crippen LogP contribution >= 0.6 is 0 Å². The van der Waals surface area contributed by atoms with E-state index in [1.54, 1.807) is 0 Å². The second-order valence-electron chi connectivity index (χ2n) is 4.06. The Bertz CT molecular complexity index is 356. The zero-order valence-corrected chi connectivity index (χ0v) is 9.78. The van der Waals surface area contributed by atoms with Gasteiger partial charge in [0.2, 0.25) is 0 Å². The van der Waals surface area contributed by atoms with Gasteiger partial charge in [0.1, 0.15) is 5.75 Å². The Morgan fingerprint density at radius 1 is 1.38 bits per heavy atom. The van der Waals surface area contributed by atoms with Crippen molar-refractivity contribution in [1.82, 2.24) is 5.32 Å². The molecule has 0 unspecified atom stereocenters. The Kier molecular flexibility index (Phi) is 4.00. The summed E-state index contributed by atoms with van der Waals surface area (Å²) in [6, 6.07) is 8.91. The predicted octanol–water partition coefficient (Wildman–Crippen LogP) is 2.85. The lowest BCUT2D eigenvalue weighted by Crippen LogP contribution is -2.15. The summed E-state index contributed by atoms with van der Waals surface area (Å²) in [6.07, 6.45) is 6.96. The van der Waals surface area contributed by atoms with Crippen LogP contribution in [-0.2, 0) is 0 Å². The van der Waals surface area contributed by atoms with Crippen molar-refractivity contribution in [2.24, 2.45) is 0 Å². The summed E-state index contributed by atoms with van der Waals surface area (Å²) in [5, 5.41) is 3.45. The molecule has 0 heterocycles. The highest BCUT2D eigenvalue weighted by molar-refractivity contribution is 5.57. The van der Waals surface area contributed by atoms with Crippen molar-refractivity contribution in [2.45, 2.75) is 25.8 Å². The second-order valence-corrected chi connectivity index (χ2v) is 4.06. The first-order chi connectivity index (χ1) is 7.90. The summed E-state index contributed by atoms with van der Waals surface area (Å²) in [4.78, 5) is 0. The molecule has 2 heteroatoms. The van der Waals surface area contributed by atoms with Gasteiger partial charge in [-0.05, 0) is 25.8 Å². The molecule has 0 atom stereocenters. The van der Waals surface area contributed by atoms with Crippen molar-refractivity contribution in [3.8, 4) is 5.75 Å². The average molecular weight is 217 g/mol. The standard InChI is InChI=1S/C14H19NO/c1-2-16-14-8-4-3-6-12(14)7-5-11-15-13-9-10-13/h3-8,13,15H,2,9-11H2,1H3. The van der Waals surface area contributed by atoms with Crippen molar-refractivity contribution in [1.29, 1.82) is 0 Å². The molecule has 0 aliphatic heterocycles. The summed E-state index contributed by atoms with van der Waals surface area (Å²) < 4.78 is 5.56. The Morgan fingerprint density at radius 3 is 2.94 bits per heavy atom. The van der Waals surface area contributed by atoms with Crippen LogP contribution in [0.15, 0.2) is 30.3 Å². The van der Waals surface area contributed by atoms with E-state index in [0.717, 1.165) is 23.9 Å². The van der Waals surface area contributed by atoms with E-state index in [0.29, 0.717) is 6.61 Å². The molecule has 86 valence electrons. The van der Waals surface area contributed by atoms with Crippen LogP contribution in [0.2, 0.25) is 0 Å². The van der Waals surface area contributed by atoms with Crippen LogP contribution < -0.4 is 10.1 Å². The molecule has 1 N–H and O–H groups in total. The van der Waals surface area contributed by atoms with Gasteiger partial charge in [0.15, 0.2) is 0 Å². The molecule has 1 aliphatic rings. The van der Waals surface area contributed by atoms with Crippen molar-refractivity contribution in [2.75, 3.05) is 13.2 Å². The molecule has 1 aliphatic carbocycles. The second kappa shape index (κ2) is 5.71. The maximum Gasteiger partial charge on any atom is 0.126 e. The third kappa shape index (κ3) is 3.38. The number of rotatable bonds is 6. The molecule has 1 fully saturated rings. The third-order valence-corrected chi connectivity index (χ3v) is 2.62. The Labute approximate surface area is 97.3 Å². The fraction of sp³-hybridized carbons (Fsp3) is 0.429. The number of ether oxygens (including phenoxy) is 1. The molecule has 16 heavy (non-hydrogen) atoms. The van der Waals surface area contributed by atoms with Gasteiger partial charge in [0.05, 0.1) is 6.61 Å². The normalized spacial score (nSPS) is 15.6. The van der Waals surface area contributed by atoms with Gasteiger partial charge in [0, 0.05) is 18.2 Å². The lowest BCUT2D eigenvalue weighted by atomic mass is 10.2. The minimum Gasteiger partial charge on any atom is -0.493 e. The van der Waals surface area contributed by atoms with Crippen LogP contribution in [0, 0.1) is 0 Å². The third-order valence-electron chi connectivity index (χ3n) is 2.62. The molecule has 0 aromatic heterocycles. The van der Waals surface area contributed by atoms with Crippen molar-refractivity contribution in [3.05, 3.63) is 35.9 Å². The van der Waals surface area contributed by atoms with Crippen molar-refractivity contribution in [3.63, 3.8) is 0 Å². The summed E-state index contributed by atoms with van der Waals surface area (Å²) >= 11 is 0. The van der Waals surface area contributed by atoms with E-state index in [1.807, 2.05) is 25.1 Å². The molecule has 0 radical (unpaired) electrons. The van der Waals surface area contributed by atoms with Gasteiger partial charge in [-0.25, -0.2) is 0 Å². The highest BCUT2D eigenvalue weighted by Crippen LogP contribution is 2.20. The van der Waals surface area contributed by atoms with E-state index in [9.17, 15) is 0 Å². The maximum atomic E-state index is 5.56. The van der Waals surface area contributed by atoms with Gasteiger partial charge >= 0.3 is 0 Å². The SMILES string of the molecule is CCOc1ccccc1C=CCNC1CC1. The lowest BCUT2D eigenvalue weighted by molar-refractivity contribution is 0.339. The predicted molar refractivity (Wildman–Crippen MR) is 67.7 cm³/mol. The van der Waals surface area contributed by atoms with E-state index in [1.165, 1.54) is 12.8 Å². The minimum absolute atomic E-state index is 0.713. The summed E-state index contributed by atoms with van der Waals surface area (Å²) in [5.41, 5.74) is 1.15. The van der Waals surface area contributed by atoms with E-state index in [-0.39, 0.29) is 0 Å². The topological polar surface area (TPSA) is 21.3 Å². The molecule has 2 nitrogen and oxygen atoms in total. The van der Waals surface area contributed by atoms with Crippen LogP contribution in [-0.4, -0.2) is 19.2 Å². The highest BCUT2D eigenvalue weighted by Gasteiger charge is 2.18. The fourth-order valence-corrected chi connectivity index (χ4v) is 1.61. The molecule has 0 bridgehead atoms. The molecule has 1 aromatic rings. The molecular formula is C14H19NO. The first-order valence-corrected chi connectivity index (χ1v) is 6.02. The molecule has 0 spiro atoms. The molecule has 0 saturated heterocycles. The number of benzene rings is 1. The first kappa shape index (κ1) is 11.2. The Morgan fingerprint density at radius 2 is 2.19 bits per heavy atom. The number of hydrogen-bond acceptors (Lipinski definition) is 2. The van der Waals surface area contributed by atoms with Gasteiger partial charge in [-0.15, -0.1) is 0 Å². The van der Waals surface area contributed by atoms with Crippen molar-refractivity contribution >= 4 is 6.08 Å². The average Bonchev–Trinajstić information content (AvgIpc) is 3.11. The van der Waals surface area contributed by atoms with E-state index in [2.05, 4.69) is 23.5 Å². The van der Waals surface area contributed by atoms with E-state index < -0.39 is 0 Å². The summed E-state index contributed by atoms with van der Waals surface area (Å²) in [5.74, 6) is 0.965. The zero-order valence-electron chi connectivity index (χ0n) is 9.78. The largest absolute Gasteiger partial charge is 0.493 e.